The van der Waals surface area contributed by atoms with Gasteiger partial charge in [0.1, 0.15) is 23.2 Å². The summed E-state index contributed by atoms with van der Waals surface area (Å²) in [5.74, 6) is 0. The Balaban J connectivity index is 0.000000132. The molecular weight excluding hydrogens is 754 g/mol. The SMILES string of the molecule is C[P+](c1ccccc1)(c1ccccc1)c1ccccc1.c1ccc(P(c2ccccc2)c2ccccc2)cc1.c1ccc(P(c2ccccc2)c2ccccc2)cc1. The van der Waals surface area contributed by atoms with Crippen LogP contribution in [0.25, 0.3) is 0 Å². The first kappa shape index (κ1) is 40.5. The third-order valence-corrected chi connectivity index (χ3v) is 18.8. The van der Waals surface area contributed by atoms with Crippen molar-refractivity contribution in [2.45, 2.75) is 0 Å². The van der Waals surface area contributed by atoms with Gasteiger partial charge >= 0.3 is 0 Å². The summed E-state index contributed by atoms with van der Waals surface area (Å²) in [6.45, 7) is 2.41. The van der Waals surface area contributed by atoms with Gasteiger partial charge in [0, 0.05) is 0 Å². The van der Waals surface area contributed by atoms with E-state index < -0.39 is 23.1 Å². The van der Waals surface area contributed by atoms with E-state index in [9.17, 15) is 0 Å². The van der Waals surface area contributed by atoms with E-state index in [1.807, 2.05) is 0 Å². The van der Waals surface area contributed by atoms with E-state index in [4.69, 9.17) is 0 Å². The maximum atomic E-state index is 2.41. The predicted molar refractivity (Wildman–Crippen MR) is 261 cm³/mol. The molecule has 9 aromatic rings. The molecular formula is C55H48P3+. The van der Waals surface area contributed by atoms with Crippen LogP contribution in [0, 0.1) is 0 Å². The topological polar surface area (TPSA) is 0 Å². The quantitative estimate of drug-likeness (QED) is 0.128. The number of rotatable bonds is 9. The van der Waals surface area contributed by atoms with Crippen molar-refractivity contribution in [3.63, 3.8) is 0 Å². The molecule has 3 heteroatoms. The Morgan fingerprint density at radius 3 is 0.500 bits per heavy atom. The minimum Gasteiger partial charge on any atom is -0.0622 e. The van der Waals surface area contributed by atoms with E-state index in [0.29, 0.717) is 0 Å². The third-order valence-electron chi connectivity index (χ3n) is 9.90. The lowest BCUT2D eigenvalue weighted by Crippen LogP contribution is -2.30. The van der Waals surface area contributed by atoms with Crippen LogP contribution in [-0.2, 0) is 0 Å². The van der Waals surface area contributed by atoms with E-state index in [1.165, 1.54) is 47.7 Å². The van der Waals surface area contributed by atoms with E-state index in [2.05, 4.69) is 280 Å². The van der Waals surface area contributed by atoms with E-state index in [-0.39, 0.29) is 0 Å². The fourth-order valence-electron chi connectivity index (χ4n) is 6.98. The van der Waals surface area contributed by atoms with Gasteiger partial charge in [0.05, 0.1) is 6.66 Å². The second kappa shape index (κ2) is 21.1. The molecule has 0 bridgehead atoms. The normalized spacial score (nSPS) is 10.8. The summed E-state index contributed by atoms with van der Waals surface area (Å²) in [5, 5.41) is 12.7. The summed E-state index contributed by atoms with van der Waals surface area (Å²) >= 11 is 0. The summed E-state index contributed by atoms with van der Waals surface area (Å²) in [4.78, 5) is 0. The van der Waals surface area contributed by atoms with Crippen molar-refractivity contribution in [1.82, 2.24) is 0 Å². The summed E-state index contributed by atoms with van der Waals surface area (Å²) < 4.78 is 0. The Morgan fingerprint density at radius 2 is 0.345 bits per heavy atom. The van der Waals surface area contributed by atoms with E-state index in [1.54, 1.807) is 0 Å². The molecule has 0 aliphatic heterocycles. The summed E-state index contributed by atoms with van der Waals surface area (Å²) in [5.41, 5.74) is 0. The minimum absolute atomic E-state index is 0.446. The van der Waals surface area contributed by atoms with Gasteiger partial charge in [-0.2, -0.15) is 0 Å². The molecule has 0 amide bonds. The zero-order valence-electron chi connectivity index (χ0n) is 32.8. The second-order valence-corrected chi connectivity index (χ2v) is 21.7. The maximum Gasteiger partial charge on any atom is 0.109 e. The first-order valence-electron chi connectivity index (χ1n) is 19.7. The second-order valence-electron chi connectivity index (χ2n) is 13.7. The highest BCUT2D eigenvalue weighted by Gasteiger charge is 2.39. The maximum absolute atomic E-state index is 2.41. The average molecular weight is 802 g/mol. The summed E-state index contributed by atoms with van der Waals surface area (Å²) in [7, 11) is -2.42. The van der Waals surface area contributed by atoms with Crippen LogP contribution in [0.3, 0.4) is 0 Å². The van der Waals surface area contributed by atoms with Crippen LogP contribution in [0.15, 0.2) is 273 Å². The van der Waals surface area contributed by atoms with Crippen LogP contribution in [0.5, 0.6) is 0 Å². The van der Waals surface area contributed by atoms with Gasteiger partial charge in [-0.3, -0.25) is 0 Å². The molecule has 0 aromatic heterocycles. The van der Waals surface area contributed by atoms with Crippen molar-refractivity contribution in [3.05, 3.63) is 273 Å². The number of hydrogen-bond acceptors (Lipinski definition) is 0. The molecule has 282 valence electrons. The highest BCUT2D eigenvalue weighted by atomic mass is 31.2. The van der Waals surface area contributed by atoms with Gasteiger partial charge in [-0.25, -0.2) is 0 Å². The lowest BCUT2D eigenvalue weighted by atomic mass is 10.4. The number of hydrogen-bond donors (Lipinski definition) is 0. The Labute approximate surface area is 348 Å². The molecule has 0 aliphatic rings. The van der Waals surface area contributed by atoms with Crippen LogP contribution in [-0.4, -0.2) is 6.66 Å². The molecule has 0 unspecified atom stereocenters. The first-order chi connectivity index (χ1) is 28.7. The largest absolute Gasteiger partial charge is 0.109 e. The van der Waals surface area contributed by atoms with Gasteiger partial charge < -0.3 is 0 Å². The first-order valence-corrected chi connectivity index (χ1v) is 24.6. The van der Waals surface area contributed by atoms with E-state index >= 15 is 0 Å². The van der Waals surface area contributed by atoms with Crippen molar-refractivity contribution >= 4 is 70.8 Å². The predicted octanol–water partition coefficient (Wildman–Crippen LogP) is 10.5. The fraction of sp³-hybridized carbons (Fsp3) is 0.0182. The number of benzene rings is 9. The summed E-state index contributed by atoms with van der Waals surface area (Å²) in [6.07, 6.45) is 0. The molecule has 0 fully saturated rings. The zero-order valence-corrected chi connectivity index (χ0v) is 35.5. The molecule has 58 heavy (non-hydrogen) atoms. The Hall–Kier alpha value is -5.73. The molecule has 9 rings (SSSR count). The third kappa shape index (κ3) is 10.4. The molecule has 9 aromatic carbocycles. The highest BCUT2D eigenvalue weighted by Crippen LogP contribution is 2.51. The smallest absolute Gasteiger partial charge is 0.0622 e. The Kier molecular flexibility index (Phi) is 14.8. The molecule has 0 heterocycles. The van der Waals surface area contributed by atoms with Gasteiger partial charge in [-0.15, -0.1) is 0 Å². The van der Waals surface area contributed by atoms with Crippen molar-refractivity contribution in [2.75, 3.05) is 6.66 Å². The van der Waals surface area contributed by atoms with Gasteiger partial charge in [-0.1, -0.05) is 237 Å². The minimum atomic E-state index is -1.53. The van der Waals surface area contributed by atoms with Crippen LogP contribution < -0.4 is 47.7 Å². The van der Waals surface area contributed by atoms with Crippen LogP contribution in [0.1, 0.15) is 0 Å². The molecule has 0 saturated heterocycles. The Bertz CT molecular complexity index is 2060. The standard InChI is InChI=1S/C19H18P.2C18H15P/c1-20(17-11-5-2-6-12-17,18-13-7-3-8-14-18)19-15-9-4-10-16-19;2*1-4-10-16(11-5-1)19(17-12-6-2-7-13-17)18-14-8-3-9-15-18/h2-16H,1H3;2*1-15H/q+1;;. The van der Waals surface area contributed by atoms with Crippen molar-refractivity contribution in [1.29, 1.82) is 0 Å². The highest BCUT2D eigenvalue weighted by molar-refractivity contribution is 7.95. The van der Waals surface area contributed by atoms with E-state index in [0.717, 1.165) is 0 Å². The van der Waals surface area contributed by atoms with Crippen LogP contribution in [0.2, 0.25) is 0 Å². The fourth-order valence-corrected chi connectivity index (χ4v) is 14.8. The lowest BCUT2D eigenvalue weighted by Gasteiger charge is -2.22. The molecule has 0 radical (unpaired) electrons. The molecule has 0 aliphatic carbocycles. The molecule has 0 atom stereocenters. The van der Waals surface area contributed by atoms with Crippen molar-refractivity contribution in [3.8, 4) is 0 Å². The van der Waals surface area contributed by atoms with Crippen LogP contribution >= 0.6 is 23.1 Å². The van der Waals surface area contributed by atoms with Gasteiger partial charge in [0.25, 0.3) is 0 Å². The van der Waals surface area contributed by atoms with Gasteiger partial charge in [0.2, 0.25) is 0 Å². The summed E-state index contributed by atoms with van der Waals surface area (Å²) in [6, 6.07) is 97.3. The lowest BCUT2D eigenvalue weighted by molar-refractivity contribution is 1.72. The molecule has 0 spiro atoms. The molecule has 0 nitrogen and oxygen atoms in total. The van der Waals surface area contributed by atoms with Gasteiger partial charge in [0.15, 0.2) is 0 Å². The molecule has 0 saturated carbocycles. The average Bonchev–Trinajstić information content (AvgIpc) is 3.32. The zero-order chi connectivity index (χ0) is 39.7. The van der Waals surface area contributed by atoms with Crippen molar-refractivity contribution < 1.29 is 0 Å². The van der Waals surface area contributed by atoms with Crippen LogP contribution in [0.4, 0.5) is 0 Å². The van der Waals surface area contributed by atoms with Crippen molar-refractivity contribution in [2.24, 2.45) is 0 Å². The monoisotopic (exact) mass is 801 g/mol. The van der Waals surface area contributed by atoms with Gasteiger partial charge in [-0.05, 0) is 84.1 Å². The molecule has 0 N–H and O–H groups in total. The Morgan fingerprint density at radius 1 is 0.207 bits per heavy atom.